The lowest BCUT2D eigenvalue weighted by atomic mass is 9.50. The van der Waals surface area contributed by atoms with Gasteiger partial charge in [-0.1, -0.05) is 43.1 Å². The quantitative estimate of drug-likeness (QED) is 0.279. The molecule has 43 heavy (non-hydrogen) atoms. The smallest absolute Gasteiger partial charge is 0.308 e. The first-order valence-corrected chi connectivity index (χ1v) is 16.5. The van der Waals surface area contributed by atoms with Gasteiger partial charge < -0.3 is 19.5 Å². The highest BCUT2D eigenvalue weighted by molar-refractivity contribution is 6.42. The summed E-state index contributed by atoms with van der Waals surface area (Å²) in [6, 6.07) is 7.09. The van der Waals surface area contributed by atoms with Crippen LogP contribution in [0.25, 0.3) is 0 Å². The summed E-state index contributed by atoms with van der Waals surface area (Å²) >= 11 is 12.5. The molecule has 5 atom stereocenters. The SMILES string of the molecule is CC(=O)Oc1cc(O)c2c3c1C[C@@H]1[C@@H]4CC[C@H](N(CC(C)C)C(=O)Cc5ccc(Cl)c(Cl)c5)[C@H](O2)[C@]34CCN1CC1CC1. The third-order valence-corrected chi connectivity index (χ3v) is 11.3. The number of amides is 1. The summed E-state index contributed by atoms with van der Waals surface area (Å²) < 4.78 is 12.6. The van der Waals surface area contributed by atoms with E-state index in [1.165, 1.54) is 19.8 Å². The molecule has 2 aromatic carbocycles. The van der Waals surface area contributed by atoms with E-state index in [0.717, 1.165) is 61.4 Å². The Labute approximate surface area is 263 Å². The predicted molar refractivity (Wildman–Crippen MR) is 165 cm³/mol. The molecule has 1 saturated heterocycles. The molecule has 9 heteroatoms. The maximum Gasteiger partial charge on any atom is 0.308 e. The van der Waals surface area contributed by atoms with Crippen LogP contribution in [0, 0.1) is 17.8 Å². The first-order valence-electron chi connectivity index (χ1n) is 15.8. The average Bonchev–Trinajstić information content (AvgIpc) is 3.70. The molecular formula is C34H40Cl2N2O5. The van der Waals surface area contributed by atoms with Crippen molar-refractivity contribution >= 4 is 35.1 Å². The van der Waals surface area contributed by atoms with E-state index in [1.54, 1.807) is 18.2 Å². The molecule has 7 nitrogen and oxygen atoms in total. The van der Waals surface area contributed by atoms with Gasteiger partial charge >= 0.3 is 5.97 Å². The lowest BCUT2D eigenvalue weighted by Gasteiger charge is -2.60. The fraction of sp³-hybridized carbons (Fsp3) is 0.588. The second kappa shape index (κ2) is 10.8. The van der Waals surface area contributed by atoms with Crippen molar-refractivity contribution in [1.29, 1.82) is 0 Å². The Kier molecular flexibility index (Phi) is 7.38. The largest absolute Gasteiger partial charge is 0.504 e. The number of halogens is 2. The van der Waals surface area contributed by atoms with Crippen LogP contribution in [-0.2, 0) is 27.8 Å². The van der Waals surface area contributed by atoms with Crippen LogP contribution < -0.4 is 9.47 Å². The summed E-state index contributed by atoms with van der Waals surface area (Å²) in [7, 11) is 0. The maximum atomic E-state index is 14.1. The van der Waals surface area contributed by atoms with Crippen LogP contribution in [0.2, 0.25) is 10.0 Å². The number of ether oxygens (including phenoxy) is 2. The van der Waals surface area contributed by atoms with Gasteiger partial charge in [0, 0.05) is 48.7 Å². The molecule has 2 aromatic rings. The molecular weight excluding hydrogens is 587 g/mol. The topological polar surface area (TPSA) is 79.3 Å². The van der Waals surface area contributed by atoms with Gasteiger partial charge in [-0.25, -0.2) is 0 Å². The molecule has 2 saturated carbocycles. The zero-order valence-corrected chi connectivity index (χ0v) is 26.6. The first kappa shape index (κ1) is 29.2. The predicted octanol–water partition coefficient (Wildman–Crippen LogP) is 6.17. The molecule has 0 aromatic heterocycles. The summed E-state index contributed by atoms with van der Waals surface area (Å²) in [4.78, 5) is 31.0. The molecule has 2 bridgehead atoms. The van der Waals surface area contributed by atoms with Gasteiger partial charge in [0.25, 0.3) is 0 Å². The number of benzene rings is 2. The van der Waals surface area contributed by atoms with Crippen molar-refractivity contribution in [3.8, 4) is 17.2 Å². The van der Waals surface area contributed by atoms with Gasteiger partial charge in [-0.05, 0) is 80.5 Å². The number of hydrogen-bond acceptors (Lipinski definition) is 6. The summed E-state index contributed by atoms with van der Waals surface area (Å²) in [6.07, 6.45) is 6.00. The van der Waals surface area contributed by atoms with Crippen LogP contribution in [0.4, 0.5) is 0 Å². The summed E-state index contributed by atoms with van der Waals surface area (Å²) in [5.74, 6) is 1.98. The van der Waals surface area contributed by atoms with E-state index in [2.05, 4.69) is 18.7 Å². The molecule has 1 amide bonds. The Bertz CT molecular complexity index is 1480. The molecule has 3 fully saturated rings. The van der Waals surface area contributed by atoms with Gasteiger partial charge in [-0.3, -0.25) is 14.5 Å². The number of phenols is 1. The number of phenolic OH excluding ortho intramolecular Hbond substituents is 1. The summed E-state index contributed by atoms with van der Waals surface area (Å²) in [5.41, 5.74) is 2.48. The Morgan fingerprint density at radius 1 is 1.16 bits per heavy atom. The van der Waals surface area contributed by atoms with E-state index >= 15 is 0 Å². The monoisotopic (exact) mass is 626 g/mol. The summed E-state index contributed by atoms with van der Waals surface area (Å²) in [5, 5.41) is 12.2. The Morgan fingerprint density at radius 3 is 2.65 bits per heavy atom. The number of piperidine rings is 1. The Hall–Kier alpha value is -2.48. The number of aromatic hydroxyl groups is 1. The molecule has 7 rings (SSSR count). The van der Waals surface area contributed by atoms with Crippen molar-refractivity contribution in [2.45, 2.75) is 89.3 Å². The van der Waals surface area contributed by atoms with Gasteiger partial charge in [0.2, 0.25) is 5.91 Å². The van der Waals surface area contributed by atoms with E-state index in [9.17, 15) is 14.7 Å². The molecule has 0 radical (unpaired) electrons. The lowest BCUT2D eigenvalue weighted by Crippen LogP contribution is -2.69. The number of carbonyl (C=O) groups is 2. The molecule has 2 heterocycles. The molecule has 230 valence electrons. The number of rotatable bonds is 8. The minimum atomic E-state index is -0.400. The van der Waals surface area contributed by atoms with E-state index in [1.807, 2.05) is 11.0 Å². The van der Waals surface area contributed by atoms with Crippen LogP contribution >= 0.6 is 23.2 Å². The third kappa shape index (κ3) is 4.90. The number of nitrogens with zero attached hydrogens (tertiary/aromatic N) is 2. The highest BCUT2D eigenvalue weighted by Gasteiger charge is 2.67. The zero-order valence-electron chi connectivity index (χ0n) is 25.1. The minimum Gasteiger partial charge on any atom is -0.504 e. The van der Waals surface area contributed by atoms with E-state index in [0.29, 0.717) is 40.0 Å². The minimum absolute atomic E-state index is 0.00711. The lowest BCUT2D eigenvalue weighted by molar-refractivity contribution is -0.143. The van der Waals surface area contributed by atoms with E-state index in [-0.39, 0.29) is 41.6 Å². The number of esters is 1. The number of hydrogen-bond donors (Lipinski definition) is 1. The third-order valence-electron chi connectivity index (χ3n) is 10.6. The van der Waals surface area contributed by atoms with Crippen molar-refractivity contribution < 1.29 is 24.2 Å². The van der Waals surface area contributed by atoms with Crippen LogP contribution in [0.5, 0.6) is 17.2 Å². The van der Waals surface area contributed by atoms with Crippen molar-refractivity contribution in [3.63, 3.8) is 0 Å². The number of carbonyl (C=O) groups excluding carboxylic acids is 2. The van der Waals surface area contributed by atoms with Crippen LogP contribution in [-0.4, -0.2) is 64.6 Å². The Morgan fingerprint density at radius 2 is 1.95 bits per heavy atom. The van der Waals surface area contributed by atoms with Crippen molar-refractivity contribution in [3.05, 3.63) is 51.0 Å². The second-order valence-corrected chi connectivity index (χ2v) is 14.6. The molecule has 0 unspecified atom stereocenters. The summed E-state index contributed by atoms with van der Waals surface area (Å²) in [6.45, 7) is 8.35. The van der Waals surface area contributed by atoms with Crippen LogP contribution in [0.15, 0.2) is 24.3 Å². The fourth-order valence-electron chi connectivity index (χ4n) is 8.81. The second-order valence-electron chi connectivity index (χ2n) is 13.8. The van der Waals surface area contributed by atoms with Crippen molar-refractivity contribution in [2.75, 3.05) is 19.6 Å². The van der Waals surface area contributed by atoms with Gasteiger partial charge in [-0.15, -0.1) is 0 Å². The molecule has 1 spiro atoms. The van der Waals surface area contributed by atoms with Crippen molar-refractivity contribution in [2.24, 2.45) is 17.8 Å². The van der Waals surface area contributed by atoms with E-state index < -0.39 is 5.97 Å². The zero-order chi connectivity index (χ0) is 30.2. The fourth-order valence-corrected chi connectivity index (χ4v) is 9.13. The molecule has 5 aliphatic rings. The van der Waals surface area contributed by atoms with Crippen LogP contribution in [0.1, 0.15) is 69.6 Å². The molecule has 3 aliphatic carbocycles. The van der Waals surface area contributed by atoms with Gasteiger partial charge in [0.05, 0.1) is 22.5 Å². The standard InChI is InChI=1S/C34H40Cl2N2O5/c1-18(2)16-38(30(41)13-21-6-8-24(35)25(36)12-21)26-9-7-23-27-14-22-29(42-19(3)39)15-28(40)32-31(22)34(23,33(26)43-32)10-11-37(27)17-20-4-5-20/h6,8,12,15,18,20,23,26-27,33,40H,4-5,7,9-11,13-14,16-17H2,1-3H3/t23-,26-,27+,33-,34-/m0/s1. The number of likely N-dealkylation sites (tertiary alicyclic amines) is 1. The van der Waals surface area contributed by atoms with Crippen LogP contribution in [0.3, 0.4) is 0 Å². The molecule has 1 N–H and O–H groups in total. The van der Waals surface area contributed by atoms with Gasteiger partial charge in [0.1, 0.15) is 11.9 Å². The first-order chi connectivity index (χ1) is 20.6. The molecule has 2 aliphatic heterocycles. The average molecular weight is 628 g/mol. The van der Waals surface area contributed by atoms with E-state index in [4.69, 9.17) is 32.7 Å². The Balaban J connectivity index is 1.30. The highest BCUT2D eigenvalue weighted by atomic mass is 35.5. The van der Waals surface area contributed by atoms with Crippen molar-refractivity contribution in [1.82, 2.24) is 9.80 Å². The maximum absolute atomic E-state index is 14.1. The van der Waals surface area contributed by atoms with Gasteiger partial charge in [-0.2, -0.15) is 0 Å². The normalized spacial score (nSPS) is 28.8. The van der Waals surface area contributed by atoms with Gasteiger partial charge in [0.15, 0.2) is 11.5 Å². The highest BCUT2D eigenvalue weighted by Crippen LogP contribution is 2.66.